The smallest absolute Gasteiger partial charge is 0.274 e. The van der Waals surface area contributed by atoms with Crippen LogP contribution < -0.4 is 0 Å². The Bertz CT molecular complexity index is 1120. The first kappa shape index (κ1) is 24.0. The summed E-state index contributed by atoms with van der Waals surface area (Å²) in [6.45, 7) is 8.38. The summed E-state index contributed by atoms with van der Waals surface area (Å²) >= 11 is 6.20. The number of carbonyl (C=O) groups excluding carboxylic acids is 2. The van der Waals surface area contributed by atoms with E-state index in [1.807, 2.05) is 41.8 Å². The topological polar surface area (TPSA) is 74.8 Å². The van der Waals surface area contributed by atoms with Gasteiger partial charge in [-0.25, -0.2) is 4.68 Å². The Morgan fingerprint density at radius 2 is 1.88 bits per heavy atom. The van der Waals surface area contributed by atoms with Crippen LogP contribution in [0.2, 0.25) is 5.02 Å². The number of benzene rings is 1. The van der Waals surface area contributed by atoms with E-state index in [0.29, 0.717) is 61.4 Å². The molecule has 1 aliphatic heterocycles. The van der Waals surface area contributed by atoms with E-state index in [0.717, 1.165) is 18.7 Å². The van der Waals surface area contributed by atoms with Crippen LogP contribution in [0, 0.1) is 0 Å². The van der Waals surface area contributed by atoms with Gasteiger partial charge in [-0.15, -0.1) is 0 Å². The van der Waals surface area contributed by atoms with Gasteiger partial charge in [0.25, 0.3) is 5.91 Å². The fraction of sp³-hybridized carbons (Fsp3) is 0.400. The Morgan fingerprint density at radius 1 is 1.06 bits per heavy atom. The van der Waals surface area contributed by atoms with Crippen LogP contribution in [0.3, 0.4) is 0 Å². The van der Waals surface area contributed by atoms with Crippen molar-refractivity contribution in [3.63, 3.8) is 0 Å². The molecule has 1 aliphatic rings. The summed E-state index contributed by atoms with van der Waals surface area (Å²) in [4.78, 5) is 31.7. The second-order valence-electron chi connectivity index (χ2n) is 8.27. The average molecular weight is 484 g/mol. The zero-order valence-electron chi connectivity index (χ0n) is 19.6. The first-order valence-corrected chi connectivity index (χ1v) is 12.1. The number of nitrogens with zero attached hydrogens (tertiary/aromatic N) is 5. The molecule has 2 amide bonds. The third-order valence-corrected chi connectivity index (χ3v) is 6.34. The molecule has 4 rings (SSSR count). The Kier molecular flexibility index (Phi) is 7.70. The van der Waals surface area contributed by atoms with Gasteiger partial charge in [0, 0.05) is 50.4 Å². The van der Waals surface area contributed by atoms with Crippen LogP contribution in [0.25, 0.3) is 17.1 Å². The minimum atomic E-state index is -0.134. The number of furan rings is 1. The highest BCUT2D eigenvalue weighted by atomic mass is 35.5. The van der Waals surface area contributed by atoms with Crippen molar-refractivity contribution >= 4 is 23.4 Å². The summed E-state index contributed by atoms with van der Waals surface area (Å²) in [5, 5.41) is 5.21. The van der Waals surface area contributed by atoms with Gasteiger partial charge in [-0.3, -0.25) is 14.5 Å². The predicted molar refractivity (Wildman–Crippen MR) is 131 cm³/mol. The van der Waals surface area contributed by atoms with Crippen molar-refractivity contribution in [3.05, 3.63) is 59.4 Å². The van der Waals surface area contributed by atoms with E-state index in [-0.39, 0.29) is 11.8 Å². The zero-order valence-corrected chi connectivity index (χ0v) is 20.4. The Balaban J connectivity index is 1.52. The molecule has 0 atom stereocenters. The SMILES string of the molecule is CCN(CC)C(=O)CN1CCCN(C(=O)c2cc(-c3ccco3)n(-c3cccc(Cl)c3)n2)CC1. The molecule has 0 spiro atoms. The number of carbonyl (C=O) groups is 2. The summed E-state index contributed by atoms with van der Waals surface area (Å²) in [6, 6.07) is 12.7. The Hall–Kier alpha value is -3.10. The monoisotopic (exact) mass is 483 g/mol. The quantitative estimate of drug-likeness (QED) is 0.511. The number of amides is 2. The molecule has 1 fully saturated rings. The zero-order chi connectivity index (χ0) is 24.1. The van der Waals surface area contributed by atoms with Gasteiger partial charge >= 0.3 is 0 Å². The van der Waals surface area contributed by atoms with E-state index in [2.05, 4.69) is 10.00 Å². The Morgan fingerprint density at radius 3 is 2.59 bits per heavy atom. The van der Waals surface area contributed by atoms with Crippen LogP contribution in [-0.4, -0.2) is 82.1 Å². The molecule has 8 nitrogen and oxygen atoms in total. The normalized spacial score (nSPS) is 14.7. The van der Waals surface area contributed by atoms with Gasteiger partial charge in [0.05, 0.1) is 18.5 Å². The molecular weight excluding hydrogens is 454 g/mol. The second kappa shape index (κ2) is 10.9. The second-order valence-corrected chi connectivity index (χ2v) is 8.71. The maximum atomic E-state index is 13.4. The highest BCUT2D eigenvalue weighted by molar-refractivity contribution is 6.30. The van der Waals surface area contributed by atoms with Crippen LogP contribution in [0.4, 0.5) is 0 Å². The summed E-state index contributed by atoms with van der Waals surface area (Å²) in [5.41, 5.74) is 1.77. The van der Waals surface area contributed by atoms with Crippen LogP contribution in [-0.2, 0) is 4.79 Å². The molecule has 180 valence electrons. The molecule has 34 heavy (non-hydrogen) atoms. The van der Waals surface area contributed by atoms with Crippen LogP contribution in [0.15, 0.2) is 53.1 Å². The maximum Gasteiger partial charge on any atom is 0.274 e. The van der Waals surface area contributed by atoms with E-state index >= 15 is 0 Å². The fourth-order valence-corrected chi connectivity index (χ4v) is 4.44. The summed E-state index contributed by atoms with van der Waals surface area (Å²) in [6.07, 6.45) is 2.40. The highest BCUT2D eigenvalue weighted by Gasteiger charge is 2.26. The number of hydrogen-bond donors (Lipinski definition) is 0. The third kappa shape index (κ3) is 5.34. The first-order chi connectivity index (χ1) is 16.5. The fourth-order valence-electron chi connectivity index (χ4n) is 4.25. The number of rotatable bonds is 7. The molecule has 0 N–H and O–H groups in total. The Labute approximate surface area is 204 Å². The van der Waals surface area contributed by atoms with Crippen molar-refractivity contribution in [2.24, 2.45) is 0 Å². The molecule has 0 bridgehead atoms. The van der Waals surface area contributed by atoms with Crippen molar-refractivity contribution in [3.8, 4) is 17.1 Å². The molecule has 9 heteroatoms. The van der Waals surface area contributed by atoms with Crippen molar-refractivity contribution < 1.29 is 14.0 Å². The van der Waals surface area contributed by atoms with Gasteiger partial charge in [0.1, 0.15) is 5.69 Å². The van der Waals surface area contributed by atoms with E-state index in [1.165, 1.54) is 0 Å². The lowest BCUT2D eigenvalue weighted by molar-refractivity contribution is -0.132. The molecule has 0 radical (unpaired) electrons. The van der Waals surface area contributed by atoms with E-state index in [4.69, 9.17) is 16.0 Å². The third-order valence-electron chi connectivity index (χ3n) is 6.11. The van der Waals surface area contributed by atoms with Gasteiger partial charge in [0.15, 0.2) is 11.5 Å². The van der Waals surface area contributed by atoms with E-state index in [9.17, 15) is 9.59 Å². The van der Waals surface area contributed by atoms with Gasteiger partial charge in [-0.1, -0.05) is 17.7 Å². The summed E-state index contributed by atoms with van der Waals surface area (Å²) < 4.78 is 7.28. The molecule has 0 unspecified atom stereocenters. The number of hydrogen-bond acceptors (Lipinski definition) is 5. The first-order valence-electron chi connectivity index (χ1n) is 11.7. The summed E-state index contributed by atoms with van der Waals surface area (Å²) in [5.74, 6) is 0.613. The molecule has 2 aromatic heterocycles. The van der Waals surface area contributed by atoms with Gasteiger partial charge in [-0.05, 0) is 50.6 Å². The molecule has 0 saturated carbocycles. The molecule has 1 saturated heterocycles. The summed E-state index contributed by atoms with van der Waals surface area (Å²) in [7, 11) is 0. The minimum Gasteiger partial charge on any atom is -0.463 e. The predicted octanol–water partition coefficient (Wildman–Crippen LogP) is 3.80. The van der Waals surface area contributed by atoms with Crippen LogP contribution in [0.5, 0.6) is 0 Å². The van der Waals surface area contributed by atoms with Crippen LogP contribution >= 0.6 is 11.6 Å². The van der Waals surface area contributed by atoms with Crippen LogP contribution in [0.1, 0.15) is 30.8 Å². The lowest BCUT2D eigenvalue weighted by Gasteiger charge is -2.25. The standard InChI is InChI=1S/C25H30ClN5O3/c1-3-29(4-2)24(32)18-28-11-7-12-30(14-13-28)25(33)21-17-22(23-10-6-15-34-23)31(27-21)20-9-5-8-19(26)16-20/h5-6,8-10,15-17H,3-4,7,11-14,18H2,1-2H3. The van der Waals surface area contributed by atoms with Crippen molar-refractivity contribution in [1.29, 1.82) is 0 Å². The number of halogens is 1. The molecule has 3 heterocycles. The van der Waals surface area contributed by atoms with Gasteiger partial charge in [0.2, 0.25) is 5.91 Å². The molecule has 1 aromatic carbocycles. The van der Waals surface area contributed by atoms with E-state index < -0.39 is 0 Å². The van der Waals surface area contributed by atoms with Crippen molar-refractivity contribution in [2.75, 3.05) is 45.8 Å². The average Bonchev–Trinajstić information content (AvgIpc) is 3.46. The number of aromatic nitrogens is 2. The minimum absolute atomic E-state index is 0.133. The van der Waals surface area contributed by atoms with Crippen molar-refractivity contribution in [2.45, 2.75) is 20.3 Å². The number of likely N-dealkylation sites (N-methyl/N-ethyl adjacent to an activating group) is 1. The van der Waals surface area contributed by atoms with Gasteiger partial charge < -0.3 is 14.2 Å². The highest BCUT2D eigenvalue weighted by Crippen LogP contribution is 2.26. The van der Waals surface area contributed by atoms with E-state index in [1.54, 1.807) is 35.2 Å². The largest absolute Gasteiger partial charge is 0.463 e. The maximum absolute atomic E-state index is 13.4. The lowest BCUT2D eigenvalue weighted by Crippen LogP contribution is -2.42. The molecule has 3 aromatic rings. The lowest BCUT2D eigenvalue weighted by atomic mass is 10.2. The molecular formula is C25H30ClN5O3. The van der Waals surface area contributed by atoms with Crippen molar-refractivity contribution in [1.82, 2.24) is 24.5 Å². The molecule has 0 aliphatic carbocycles. The van der Waals surface area contributed by atoms with Gasteiger partial charge in [-0.2, -0.15) is 5.10 Å².